The molecule has 14 heavy (non-hydrogen) atoms. The van der Waals surface area contributed by atoms with E-state index in [4.69, 9.17) is 11.6 Å². The van der Waals surface area contributed by atoms with Crippen molar-refractivity contribution in [1.29, 1.82) is 0 Å². The first-order valence-electron chi connectivity index (χ1n) is 4.90. The number of allylic oxidation sites excluding steroid dienone is 8. The second kappa shape index (κ2) is 5.44. The van der Waals surface area contributed by atoms with Crippen molar-refractivity contribution in [3.63, 3.8) is 0 Å². The molecule has 0 saturated heterocycles. The summed E-state index contributed by atoms with van der Waals surface area (Å²) in [5, 5.41) is 0. The second-order valence-corrected chi connectivity index (χ2v) is 16.7. The van der Waals surface area contributed by atoms with Gasteiger partial charge in [-0.15, -0.1) is 0 Å². The molecule has 0 unspecified atom stereocenters. The Morgan fingerprint density at radius 1 is 1.14 bits per heavy atom. The summed E-state index contributed by atoms with van der Waals surface area (Å²) in [5.74, 6) is 0. The van der Waals surface area contributed by atoms with Gasteiger partial charge in [0.1, 0.15) is 0 Å². The van der Waals surface area contributed by atoms with Crippen LogP contribution in [0.15, 0.2) is 43.0 Å². The van der Waals surface area contributed by atoms with Gasteiger partial charge in [0.25, 0.3) is 0 Å². The van der Waals surface area contributed by atoms with Gasteiger partial charge in [0.2, 0.25) is 0 Å². The summed E-state index contributed by atoms with van der Waals surface area (Å²) in [6, 6.07) is 0. The minimum atomic E-state index is -1.40. The van der Waals surface area contributed by atoms with Crippen molar-refractivity contribution in [3.8, 4) is 0 Å². The standard InChI is InChI=1S/2C5H5.CH3ClSi.Zr/c2*1-2-4-5-3-1;2-1-3;/h2*1-3H,4H2;3H,1H2;. The Labute approximate surface area is 98.8 Å². The molecular formula is C11H13ClSiZr. The third-order valence-electron chi connectivity index (χ3n) is 2.52. The molecule has 0 N–H and O–H groups in total. The first kappa shape index (κ1) is 10.9. The summed E-state index contributed by atoms with van der Waals surface area (Å²) in [6.07, 6.45) is 16.7. The van der Waals surface area contributed by atoms with E-state index in [0.29, 0.717) is 6.16 Å². The molecule has 0 fully saturated rings. The zero-order chi connectivity index (χ0) is 9.80. The van der Waals surface area contributed by atoms with Crippen LogP contribution in [-0.2, 0) is 20.4 Å². The van der Waals surface area contributed by atoms with E-state index in [9.17, 15) is 0 Å². The maximum absolute atomic E-state index is 5.94. The molecule has 2 aliphatic rings. The predicted molar refractivity (Wildman–Crippen MR) is 61.5 cm³/mol. The van der Waals surface area contributed by atoms with Crippen LogP contribution in [0, 0.1) is 0 Å². The Balaban J connectivity index is 2.21. The van der Waals surface area contributed by atoms with Crippen LogP contribution in [0.25, 0.3) is 0 Å². The average molecular weight is 300 g/mol. The molecule has 0 aliphatic heterocycles. The van der Waals surface area contributed by atoms with Crippen molar-refractivity contribution >= 4 is 17.8 Å². The fourth-order valence-corrected chi connectivity index (χ4v) is 16.8. The van der Waals surface area contributed by atoms with Crippen molar-refractivity contribution in [3.05, 3.63) is 43.0 Å². The second-order valence-electron chi connectivity index (χ2n) is 3.42. The van der Waals surface area contributed by atoms with Crippen LogP contribution < -0.4 is 0 Å². The van der Waals surface area contributed by atoms with Gasteiger partial charge >= 0.3 is 99.5 Å². The Morgan fingerprint density at radius 2 is 1.71 bits per heavy atom. The minimum absolute atomic E-state index is 0.521. The van der Waals surface area contributed by atoms with E-state index in [-0.39, 0.29) is 0 Å². The van der Waals surface area contributed by atoms with Crippen LogP contribution in [0.2, 0.25) is 0 Å². The van der Waals surface area contributed by atoms with E-state index >= 15 is 0 Å². The number of hydrogen-bond donors (Lipinski definition) is 0. The molecule has 2 rings (SSSR count). The van der Waals surface area contributed by atoms with E-state index in [0.717, 1.165) is 5.50 Å². The first-order valence-corrected chi connectivity index (χ1v) is 13.5. The number of rotatable bonds is 3. The number of hydrogen-bond acceptors (Lipinski definition) is 0. The molecule has 0 nitrogen and oxygen atoms in total. The maximum atomic E-state index is 5.94. The van der Waals surface area contributed by atoms with Crippen molar-refractivity contribution in [1.82, 2.24) is 0 Å². The first-order chi connectivity index (χ1) is 6.92. The molecule has 3 heteroatoms. The van der Waals surface area contributed by atoms with Crippen LogP contribution in [0.4, 0.5) is 0 Å². The number of halogens is 1. The van der Waals surface area contributed by atoms with E-state index in [1.165, 1.54) is 12.8 Å². The van der Waals surface area contributed by atoms with Crippen molar-refractivity contribution in [2.45, 2.75) is 12.8 Å². The van der Waals surface area contributed by atoms with Crippen LogP contribution in [0.3, 0.4) is 0 Å². The summed E-state index contributed by atoms with van der Waals surface area (Å²) in [5.41, 5.74) is 0.920. The topological polar surface area (TPSA) is 0 Å². The van der Waals surface area contributed by atoms with Crippen molar-refractivity contribution in [2.75, 3.05) is 5.50 Å². The molecule has 0 saturated carbocycles. The molecule has 0 aromatic carbocycles. The van der Waals surface area contributed by atoms with Crippen molar-refractivity contribution < 1.29 is 20.4 Å². The molecule has 0 bridgehead atoms. The van der Waals surface area contributed by atoms with Gasteiger partial charge in [-0.05, 0) is 0 Å². The van der Waals surface area contributed by atoms with Crippen LogP contribution in [0.1, 0.15) is 12.8 Å². The van der Waals surface area contributed by atoms with Gasteiger partial charge < -0.3 is 0 Å². The molecule has 72 valence electrons. The molecular weight excluding hydrogens is 287 g/mol. The van der Waals surface area contributed by atoms with Gasteiger partial charge in [0.05, 0.1) is 0 Å². The molecule has 0 atom stereocenters. The summed E-state index contributed by atoms with van der Waals surface area (Å²) in [7, 11) is 0. The molecule has 0 aromatic rings. The summed E-state index contributed by atoms with van der Waals surface area (Å²) >= 11 is 4.55. The quantitative estimate of drug-likeness (QED) is 0.555. The SMILES string of the molecule is ClC[SiH]=[Zr]([C]1=CC=CC1)[C]1=CC=CC1. The Morgan fingerprint density at radius 3 is 2.07 bits per heavy atom. The molecule has 0 amide bonds. The van der Waals surface area contributed by atoms with Gasteiger partial charge in [-0.2, -0.15) is 0 Å². The zero-order valence-corrected chi connectivity index (χ0v) is 12.4. The Kier molecular flexibility index (Phi) is 4.22. The third kappa shape index (κ3) is 2.48. The van der Waals surface area contributed by atoms with Gasteiger partial charge in [-0.1, -0.05) is 0 Å². The number of alkyl halides is 1. The van der Waals surface area contributed by atoms with Crippen LogP contribution >= 0.6 is 11.6 Å². The fourth-order valence-electron chi connectivity index (χ4n) is 1.84. The molecule has 0 aromatic heterocycles. The zero-order valence-electron chi connectivity index (χ0n) is 8.04. The Bertz CT molecular complexity index is 343. The molecule has 0 radical (unpaired) electrons. The average Bonchev–Trinajstić information content (AvgIpc) is 2.87. The molecule has 0 spiro atoms. The molecule has 0 heterocycles. The monoisotopic (exact) mass is 298 g/mol. The van der Waals surface area contributed by atoms with E-state index in [1.54, 1.807) is 6.56 Å². The van der Waals surface area contributed by atoms with Crippen molar-refractivity contribution in [2.24, 2.45) is 0 Å². The van der Waals surface area contributed by atoms with Gasteiger partial charge in [-0.3, -0.25) is 0 Å². The van der Waals surface area contributed by atoms with Crippen LogP contribution in [-0.4, -0.2) is 11.7 Å². The Hall–Kier alpha value is 0.350. The van der Waals surface area contributed by atoms with Crippen LogP contribution in [0.5, 0.6) is 0 Å². The molecule has 2 aliphatic carbocycles. The third-order valence-corrected chi connectivity index (χ3v) is 19.6. The van der Waals surface area contributed by atoms with E-state index in [1.807, 2.05) is 0 Å². The van der Waals surface area contributed by atoms with E-state index in [2.05, 4.69) is 36.5 Å². The van der Waals surface area contributed by atoms with Gasteiger partial charge in [-0.25, -0.2) is 0 Å². The van der Waals surface area contributed by atoms with Gasteiger partial charge in [0, 0.05) is 0 Å². The van der Waals surface area contributed by atoms with Gasteiger partial charge in [0.15, 0.2) is 0 Å². The predicted octanol–water partition coefficient (Wildman–Crippen LogP) is 2.84. The summed E-state index contributed by atoms with van der Waals surface area (Å²) < 4.78 is 3.52. The summed E-state index contributed by atoms with van der Waals surface area (Å²) in [4.78, 5) is 0. The van der Waals surface area contributed by atoms with E-state index < -0.39 is 20.4 Å². The fraction of sp³-hybridized carbons (Fsp3) is 0.273. The normalized spacial score (nSPS) is 18.4. The summed E-state index contributed by atoms with van der Waals surface area (Å²) in [6.45, 7) is 0.